The Labute approximate surface area is 198 Å². The fourth-order valence-corrected chi connectivity index (χ4v) is 5.16. The standard InChI is InChI=1S/C27H29N3O4/c1-17(2)11-12-28-16-25(31)30-15-24-21(13-23(30)26(28)32)20-5-3-4-6-22(20)29(24)14-18-7-9-19(10-8-18)27(33)34/h3-10,17,23H,11-16H2,1-2H3,(H,33,34). The predicted molar refractivity (Wildman–Crippen MR) is 129 cm³/mol. The van der Waals surface area contributed by atoms with Gasteiger partial charge < -0.3 is 19.5 Å². The van der Waals surface area contributed by atoms with Crippen LogP contribution in [0.5, 0.6) is 0 Å². The molecule has 34 heavy (non-hydrogen) atoms. The molecule has 1 unspecified atom stereocenters. The zero-order chi connectivity index (χ0) is 24.0. The van der Waals surface area contributed by atoms with Crippen LogP contribution in [0.4, 0.5) is 0 Å². The number of aromatic nitrogens is 1. The van der Waals surface area contributed by atoms with Crippen LogP contribution in [-0.2, 0) is 29.1 Å². The summed E-state index contributed by atoms with van der Waals surface area (Å²) in [5.74, 6) is -0.424. The van der Waals surface area contributed by atoms with Crippen molar-refractivity contribution in [1.29, 1.82) is 0 Å². The van der Waals surface area contributed by atoms with Crippen molar-refractivity contribution in [3.8, 4) is 0 Å². The first-order valence-corrected chi connectivity index (χ1v) is 11.8. The monoisotopic (exact) mass is 459 g/mol. The Morgan fingerprint density at radius 3 is 2.50 bits per heavy atom. The van der Waals surface area contributed by atoms with Crippen LogP contribution in [0.1, 0.15) is 47.4 Å². The zero-order valence-electron chi connectivity index (χ0n) is 19.5. The van der Waals surface area contributed by atoms with Crippen LogP contribution < -0.4 is 0 Å². The first-order valence-electron chi connectivity index (χ1n) is 11.8. The van der Waals surface area contributed by atoms with E-state index in [0.717, 1.165) is 34.1 Å². The van der Waals surface area contributed by atoms with E-state index in [1.165, 1.54) is 0 Å². The molecule has 2 aliphatic rings. The Kier molecular flexibility index (Phi) is 5.63. The van der Waals surface area contributed by atoms with E-state index in [4.69, 9.17) is 0 Å². The van der Waals surface area contributed by atoms with Crippen LogP contribution in [-0.4, -0.2) is 56.4 Å². The Morgan fingerprint density at radius 1 is 1.06 bits per heavy atom. The third kappa shape index (κ3) is 3.85. The molecule has 0 aliphatic carbocycles. The van der Waals surface area contributed by atoms with E-state index in [2.05, 4.69) is 30.5 Å². The van der Waals surface area contributed by atoms with Gasteiger partial charge in [0.05, 0.1) is 18.7 Å². The summed E-state index contributed by atoms with van der Waals surface area (Å²) in [7, 11) is 0. The third-order valence-corrected chi connectivity index (χ3v) is 7.05. The number of hydrogen-bond acceptors (Lipinski definition) is 3. The summed E-state index contributed by atoms with van der Waals surface area (Å²) in [6.07, 6.45) is 1.40. The van der Waals surface area contributed by atoms with Crippen LogP contribution in [0.3, 0.4) is 0 Å². The van der Waals surface area contributed by atoms with Gasteiger partial charge >= 0.3 is 5.97 Å². The number of rotatable bonds is 6. The fraction of sp³-hybridized carbons (Fsp3) is 0.370. The number of carboxylic acids is 1. The molecule has 0 spiro atoms. The van der Waals surface area contributed by atoms with Gasteiger partial charge in [-0.25, -0.2) is 4.79 Å². The number of carbonyl (C=O) groups excluding carboxylic acids is 2. The van der Waals surface area contributed by atoms with Crippen molar-refractivity contribution in [2.75, 3.05) is 13.1 Å². The Hall–Kier alpha value is -3.61. The summed E-state index contributed by atoms with van der Waals surface area (Å²) in [4.78, 5) is 41.1. The molecule has 176 valence electrons. The molecule has 2 aliphatic heterocycles. The number of fused-ring (bicyclic) bond motifs is 4. The van der Waals surface area contributed by atoms with Gasteiger partial charge in [-0.1, -0.05) is 44.2 Å². The lowest BCUT2D eigenvalue weighted by Gasteiger charge is -2.43. The smallest absolute Gasteiger partial charge is 0.335 e. The van der Waals surface area contributed by atoms with Crippen molar-refractivity contribution in [3.63, 3.8) is 0 Å². The number of carbonyl (C=O) groups is 3. The molecule has 7 heteroatoms. The second-order valence-electron chi connectivity index (χ2n) is 9.71. The summed E-state index contributed by atoms with van der Waals surface area (Å²) in [5, 5.41) is 10.3. The topological polar surface area (TPSA) is 82.8 Å². The number of benzene rings is 2. The highest BCUT2D eigenvalue weighted by Crippen LogP contribution is 2.35. The fourth-order valence-electron chi connectivity index (χ4n) is 5.16. The molecule has 1 atom stereocenters. The van der Waals surface area contributed by atoms with Crippen LogP contribution in [0, 0.1) is 5.92 Å². The minimum atomic E-state index is -0.947. The molecule has 3 aromatic rings. The van der Waals surface area contributed by atoms with Crippen LogP contribution >= 0.6 is 0 Å². The van der Waals surface area contributed by atoms with Gasteiger partial charge in [-0.3, -0.25) is 9.59 Å². The maximum atomic E-state index is 13.3. The molecule has 0 saturated carbocycles. The molecule has 0 bridgehead atoms. The number of nitrogens with zero attached hydrogens (tertiary/aromatic N) is 3. The zero-order valence-corrected chi connectivity index (χ0v) is 19.5. The molecule has 7 nitrogen and oxygen atoms in total. The summed E-state index contributed by atoms with van der Waals surface area (Å²) in [6.45, 7) is 5.99. The van der Waals surface area contributed by atoms with Gasteiger partial charge in [-0.2, -0.15) is 0 Å². The van der Waals surface area contributed by atoms with E-state index in [0.29, 0.717) is 32.0 Å². The molecule has 1 saturated heterocycles. The van der Waals surface area contributed by atoms with Crippen molar-refractivity contribution in [2.45, 2.75) is 45.8 Å². The first kappa shape index (κ1) is 22.2. The SMILES string of the molecule is CC(C)CCN1CC(=O)N2Cc3c(c4ccccc4n3Cc3ccc(C(=O)O)cc3)CC2C1=O. The normalized spacial score (nSPS) is 17.9. The third-order valence-electron chi connectivity index (χ3n) is 7.05. The van der Waals surface area contributed by atoms with Crippen LogP contribution in [0.25, 0.3) is 10.9 Å². The lowest BCUT2D eigenvalue weighted by molar-refractivity contribution is -0.157. The summed E-state index contributed by atoms with van der Waals surface area (Å²) >= 11 is 0. The molecule has 2 aromatic carbocycles. The highest BCUT2D eigenvalue weighted by atomic mass is 16.4. The second kappa shape index (κ2) is 8.63. The van der Waals surface area contributed by atoms with Crippen LogP contribution in [0.2, 0.25) is 0 Å². The van der Waals surface area contributed by atoms with E-state index >= 15 is 0 Å². The van der Waals surface area contributed by atoms with Gasteiger partial charge in [0.15, 0.2) is 0 Å². The molecule has 5 rings (SSSR count). The van der Waals surface area contributed by atoms with E-state index in [9.17, 15) is 19.5 Å². The average Bonchev–Trinajstić information content (AvgIpc) is 3.12. The number of para-hydroxylation sites is 1. The quantitative estimate of drug-likeness (QED) is 0.611. The highest BCUT2D eigenvalue weighted by Gasteiger charge is 2.43. The van der Waals surface area contributed by atoms with E-state index in [1.807, 2.05) is 24.3 Å². The summed E-state index contributed by atoms with van der Waals surface area (Å²) in [6, 6.07) is 14.6. The number of aromatic carboxylic acids is 1. The van der Waals surface area contributed by atoms with Crippen molar-refractivity contribution in [1.82, 2.24) is 14.4 Å². The van der Waals surface area contributed by atoms with Gasteiger partial charge in [0.25, 0.3) is 0 Å². The summed E-state index contributed by atoms with van der Waals surface area (Å²) < 4.78 is 2.21. The molecule has 0 radical (unpaired) electrons. The molecular formula is C27H29N3O4. The number of piperazine rings is 1. The minimum absolute atomic E-state index is 0.00150. The Balaban J connectivity index is 1.50. The lowest BCUT2D eigenvalue weighted by Crippen LogP contribution is -2.61. The molecule has 2 amide bonds. The largest absolute Gasteiger partial charge is 0.478 e. The lowest BCUT2D eigenvalue weighted by atomic mass is 9.93. The van der Waals surface area contributed by atoms with Crippen molar-refractivity contribution >= 4 is 28.7 Å². The molecule has 1 aromatic heterocycles. The summed E-state index contributed by atoms with van der Waals surface area (Å²) in [5.41, 5.74) is 4.48. The number of amides is 2. The van der Waals surface area contributed by atoms with Gasteiger partial charge in [-0.05, 0) is 41.7 Å². The van der Waals surface area contributed by atoms with Gasteiger partial charge in [0.1, 0.15) is 6.04 Å². The van der Waals surface area contributed by atoms with Gasteiger partial charge in [-0.15, -0.1) is 0 Å². The molecular weight excluding hydrogens is 430 g/mol. The highest BCUT2D eigenvalue weighted by molar-refractivity contribution is 5.97. The van der Waals surface area contributed by atoms with Crippen molar-refractivity contribution < 1.29 is 19.5 Å². The molecule has 3 heterocycles. The predicted octanol–water partition coefficient (Wildman–Crippen LogP) is 3.53. The van der Waals surface area contributed by atoms with E-state index in [1.54, 1.807) is 21.9 Å². The molecule has 1 fully saturated rings. The maximum absolute atomic E-state index is 13.3. The Bertz CT molecular complexity index is 1280. The van der Waals surface area contributed by atoms with Gasteiger partial charge in [0, 0.05) is 36.1 Å². The molecule has 1 N–H and O–H groups in total. The second-order valence-corrected chi connectivity index (χ2v) is 9.71. The number of carboxylic acid groups (broad SMARTS) is 1. The number of hydrogen-bond donors (Lipinski definition) is 1. The maximum Gasteiger partial charge on any atom is 0.335 e. The van der Waals surface area contributed by atoms with Gasteiger partial charge in [0.2, 0.25) is 11.8 Å². The van der Waals surface area contributed by atoms with Crippen LogP contribution in [0.15, 0.2) is 48.5 Å². The van der Waals surface area contributed by atoms with Crippen molar-refractivity contribution in [3.05, 3.63) is 70.9 Å². The Morgan fingerprint density at radius 2 is 1.79 bits per heavy atom. The van der Waals surface area contributed by atoms with E-state index in [-0.39, 0.29) is 23.9 Å². The minimum Gasteiger partial charge on any atom is -0.478 e. The first-order chi connectivity index (χ1) is 16.3. The van der Waals surface area contributed by atoms with E-state index < -0.39 is 12.0 Å². The average molecular weight is 460 g/mol. The van der Waals surface area contributed by atoms with Crippen molar-refractivity contribution in [2.24, 2.45) is 5.92 Å².